The minimum atomic E-state index is -4.54. The van der Waals surface area contributed by atoms with Gasteiger partial charge in [-0.1, -0.05) is 0 Å². The molecule has 0 bridgehead atoms. The molecule has 10 heteroatoms. The molecule has 2 aliphatic heterocycles. The number of rotatable bonds is 1. The van der Waals surface area contributed by atoms with Gasteiger partial charge >= 0.3 is 12.3 Å². The molecular formula is C18H24F3N5O2. The average Bonchev–Trinajstić information content (AvgIpc) is 3.03. The van der Waals surface area contributed by atoms with Gasteiger partial charge in [0.2, 0.25) is 0 Å². The summed E-state index contributed by atoms with van der Waals surface area (Å²) < 4.78 is 45.7. The van der Waals surface area contributed by atoms with Crippen LogP contribution >= 0.6 is 0 Å². The fourth-order valence-electron chi connectivity index (χ4n) is 3.80. The van der Waals surface area contributed by atoms with Gasteiger partial charge in [0.25, 0.3) is 0 Å². The Morgan fingerprint density at radius 3 is 2.64 bits per heavy atom. The Hall–Kier alpha value is -2.39. The molecule has 154 valence electrons. The predicted molar refractivity (Wildman–Crippen MR) is 97.4 cm³/mol. The largest absolute Gasteiger partial charge is 0.444 e. The average molecular weight is 399 g/mol. The maximum Gasteiger partial charge on any atom is 0.419 e. The highest BCUT2D eigenvalue weighted by atomic mass is 19.4. The number of aromatic nitrogens is 2. The summed E-state index contributed by atoms with van der Waals surface area (Å²) >= 11 is 0. The van der Waals surface area contributed by atoms with Crippen LogP contribution in [0.5, 0.6) is 0 Å². The summed E-state index contributed by atoms with van der Waals surface area (Å²) in [5, 5.41) is 6.12. The highest BCUT2D eigenvalue weighted by Crippen LogP contribution is 2.45. The Balaban J connectivity index is 1.91. The molecule has 3 heterocycles. The molecule has 0 aromatic carbocycles. The maximum absolute atomic E-state index is 13.4. The van der Waals surface area contributed by atoms with Gasteiger partial charge in [-0.2, -0.15) is 18.3 Å². The third-order valence-corrected chi connectivity index (χ3v) is 4.92. The number of carbonyl (C=O) groups excluding carboxylic acids is 1. The number of nitrogens with zero attached hydrogens (tertiary/aromatic N) is 4. The summed E-state index contributed by atoms with van der Waals surface area (Å²) in [6.45, 7) is 9.16. The summed E-state index contributed by atoms with van der Waals surface area (Å²) in [6.07, 6.45) is -3.80. The van der Waals surface area contributed by atoms with Crippen molar-refractivity contribution >= 4 is 17.6 Å². The Morgan fingerprint density at radius 2 is 2.04 bits per heavy atom. The molecule has 1 fully saturated rings. The number of fused-ring (bicyclic) bond motifs is 1. The SMILES string of the molecule is CC1=NC(C)(c2[nH]ncc2C(F)(F)F)C2CCN(C(=O)OC(C)(C)C)CC2=N1. The summed E-state index contributed by atoms with van der Waals surface area (Å²) in [7, 11) is 0. The van der Waals surface area contributed by atoms with Gasteiger partial charge in [-0.15, -0.1) is 0 Å². The van der Waals surface area contributed by atoms with Crippen molar-refractivity contribution in [1.82, 2.24) is 15.1 Å². The number of hydrogen-bond acceptors (Lipinski definition) is 5. The van der Waals surface area contributed by atoms with Crippen LogP contribution in [0, 0.1) is 5.92 Å². The quantitative estimate of drug-likeness (QED) is 0.780. The van der Waals surface area contributed by atoms with Crippen molar-refractivity contribution in [2.45, 2.75) is 58.4 Å². The summed E-state index contributed by atoms with van der Waals surface area (Å²) in [4.78, 5) is 22.8. The Morgan fingerprint density at radius 1 is 1.36 bits per heavy atom. The number of ether oxygens (including phenoxy) is 1. The van der Waals surface area contributed by atoms with E-state index in [0.717, 1.165) is 6.20 Å². The van der Waals surface area contributed by atoms with E-state index in [9.17, 15) is 18.0 Å². The molecule has 1 N–H and O–H groups in total. The number of amides is 1. The smallest absolute Gasteiger partial charge is 0.419 e. The van der Waals surface area contributed by atoms with E-state index >= 15 is 0 Å². The molecule has 0 radical (unpaired) electrons. The van der Waals surface area contributed by atoms with Crippen molar-refractivity contribution in [2.24, 2.45) is 15.9 Å². The van der Waals surface area contributed by atoms with Gasteiger partial charge in [-0.25, -0.2) is 9.79 Å². The molecule has 2 unspecified atom stereocenters. The first-order valence-corrected chi connectivity index (χ1v) is 9.04. The second kappa shape index (κ2) is 6.59. The lowest BCUT2D eigenvalue weighted by molar-refractivity contribution is -0.138. The number of carbonyl (C=O) groups is 1. The third kappa shape index (κ3) is 3.77. The predicted octanol–water partition coefficient (Wildman–Crippen LogP) is 3.77. The summed E-state index contributed by atoms with van der Waals surface area (Å²) in [5.74, 6) is -0.0149. The number of aromatic amines is 1. The van der Waals surface area contributed by atoms with Crippen molar-refractivity contribution in [3.63, 3.8) is 0 Å². The number of piperidine rings is 1. The monoisotopic (exact) mass is 399 g/mol. The zero-order valence-electron chi connectivity index (χ0n) is 16.5. The van der Waals surface area contributed by atoms with Gasteiger partial charge in [0.15, 0.2) is 0 Å². The standard InChI is InChI=1S/C18H24F3N5O2/c1-10-23-13-9-26(15(27)28-16(2,3)4)7-6-11(13)17(5,24-10)14-12(8-22-25-14)18(19,20)21/h8,11H,6-7,9H2,1-5H3,(H,22,25). The van der Waals surface area contributed by atoms with Crippen molar-refractivity contribution < 1.29 is 22.7 Å². The molecule has 1 aromatic rings. The topological polar surface area (TPSA) is 82.9 Å². The molecule has 2 atom stereocenters. The first kappa shape index (κ1) is 20.3. The minimum absolute atomic E-state index is 0.0810. The van der Waals surface area contributed by atoms with E-state index in [1.165, 1.54) is 4.90 Å². The summed E-state index contributed by atoms with van der Waals surface area (Å²) in [6, 6.07) is 0. The van der Waals surface area contributed by atoms with Crippen LogP contribution in [-0.4, -0.2) is 51.4 Å². The fourth-order valence-corrected chi connectivity index (χ4v) is 3.80. The number of amidine groups is 1. The van der Waals surface area contributed by atoms with Crippen molar-refractivity contribution in [2.75, 3.05) is 13.1 Å². The molecular weight excluding hydrogens is 375 g/mol. The zero-order chi connectivity index (χ0) is 20.9. The first-order valence-electron chi connectivity index (χ1n) is 9.04. The Bertz CT molecular complexity index is 837. The van der Waals surface area contributed by atoms with Crippen LogP contribution in [0.3, 0.4) is 0 Å². The number of halogens is 3. The maximum atomic E-state index is 13.4. The van der Waals surface area contributed by atoms with Crippen LogP contribution in [-0.2, 0) is 16.5 Å². The lowest BCUT2D eigenvalue weighted by Crippen LogP contribution is -2.52. The van der Waals surface area contributed by atoms with E-state index in [1.807, 2.05) is 0 Å². The van der Waals surface area contributed by atoms with Gasteiger partial charge < -0.3 is 9.64 Å². The van der Waals surface area contributed by atoms with Gasteiger partial charge in [0, 0.05) is 18.2 Å². The van der Waals surface area contributed by atoms with E-state index in [1.54, 1.807) is 34.6 Å². The molecule has 28 heavy (non-hydrogen) atoms. The first-order chi connectivity index (χ1) is 12.8. The number of likely N-dealkylation sites (tertiary alicyclic amines) is 1. The number of H-pyrrole nitrogens is 1. The zero-order valence-corrected chi connectivity index (χ0v) is 16.5. The minimum Gasteiger partial charge on any atom is -0.444 e. The molecule has 3 rings (SSSR count). The lowest BCUT2D eigenvalue weighted by atomic mass is 9.74. The van der Waals surface area contributed by atoms with Crippen LogP contribution in [0.4, 0.5) is 18.0 Å². The molecule has 1 amide bonds. The molecule has 0 aliphatic carbocycles. The van der Waals surface area contributed by atoms with E-state index in [2.05, 4.69) is 20.2 Å². The molecule has 0 spiro atoms. The second-order valence-electron chi connectivity index (χ2n) is 8.31. The normalized spacial score (nSPS) is 25.7. The Labute approximate surface area is 161 Å². The van der Waals surface area contributed by atoms with E-state index in [-0.39, 0.29) is 18.2 Å². The number of nitrogens with one attached hydrogen (secondary N) is 1. The number of alkyl halides is 3. The van der Waals surface area contributed by atoms with E-state index < -0.39 is 29.0 Å². The van der Waals surface area contributed by atoms with Crippen LogP contribution in [0.2, 0.25) is 0 Å². The van der Waals surface area contributed by atoms with E-state index in [0.29, 0.717) is 24.5 Å². The Kier molecular flexibility index (Phi) is 4.79. The van der Waals surface area contributed by atoms with E-state index in [4.69, 9.17) is 4.74 Å². The molecule has 1 aromatic heterocycles. The van der Waals surface area contributed by atoms with Gasteiger partial charge in [0.1, 0.15) is 17.0 Å². The number of aliphatic imine (C=N–C) groups is 2. The van der Waals surface area contributed by atoms with Gasteiger partial charge in [-0.05, 0) is 41.0 Å². The molecule has 2 aliphatic rings. The summed E-state index contributed by atoms with van der Waals surface area (Å²) in [5.41, 5.74) is -2.12. The molecule has 0 saturated carbocycles. The van der Waals surface area contributed by atoms with Gasteiger partial charge in [-0.3, -0.25) is 10.1 Å². The van der Waals surface area contributed by atoms with Crippen LogP contribution in [0.15, 0.2) is 16.2 Å². The van der Waals surface area contributed by atoms with Gasteiger partial charge in [0.05, 0.1) is 24.0 Å². The fraction of sp³-hybridized carbons (Fsp3) is 0.667. The highest BCUT2D eigenvalue weighted by molar-refractivity contribution is 6.03. The highest BCUT2D eigenvalue weighted by Gasteiger charge is 2.50. The van der Waals surface area contributed by atoms with Crippen molar-refractivity contribution in [3.8, 4) is 0 Å². The van der Waals surface area contributed by atoms with Crippen molar-refractivity contribution in [1.29, 1.82) is 0 Å². The van der Waals surface area contributed by atoms with Crippen molar-refractivity contribution in [3.05, 3.63) is 17.5 Å². The van der Waals surface area contributed by atoms with Crippen LogP contribution in [0.1, 0.15) is 52.3 Å². The lowest BCUT2D eigenvalue weighted by Gasteiger charge is -2.43. The molecule has 1 saturated heterocycles. The third-order valence-electron chi connectivity index (χ3n) is 4.92. The van der Waals surface area contributed by atoms with Crippen LogP contribution < -0.4 is 0 Å². The second-order valence-corrected chi connectivity index (χ2v) is 8.31. The molecule has 7 nitrogen and oxygen atoms in total. The number of hydrogen-bond donors (Lipinski definition) is 1. The van der Waals surface area contributed by atoms with Crippen LogP contribution in [0.25, 0.3) is 0 Å².